The first-order valence-electron chi connectivity index (χ1n) is 12.2. The van der Waals surface area contributed by atoms with E-state index in [2.05, 4.69) is 35.5 Å². The van der Waals surface area contributed by atoms with Gasteiger partial charge in [-0.3, -0.25) is 24.8 Å². The maximum Gasteiger partial charge on any atom is 0.224 e. The number of hydrogen-bond acceptors (Lipinski definition) is 6. The molecule has 38 heavy (non-hydrogen) atoms. The molecule has 1 amide bonds. The molecule has 0 aliphatic carbocycles. The van der Waals surface area contributed by atoms with E-state index in [1.54, 1.807) is 49.1 Å². The minimum Gasteiger partial charge on any atom is -0.336 e. The zero-order valence-corrected chi connectivity index (χ0v) is 20.7. The number of rotatable bonds is 6. The van der Waals surface area contributed by atoms with Crippen molar-refractivity contribution in [2.75, 3.05) is 5.32 Å². The summed E-state index contributed by atoms with van der Waals surface area (Å²) in [5.41, 5.74) is 5.43. The van der Waals surface area contributed by atoms with Gasteiger partial charge in [0.25, 0.3) is 0 Å². The number of halogens is 1. The number of aromatic amines is 2. The maximum atomic E-state index is 14.5. The van der Waals surface area contributed by atoms with Crippen LogP contribution >= 0.6 is 0 Å². The zero-order chi connectivity index (χ0) is 26.2. The highest BCUT2D eigenvalue weighted by Gasteiger charge is 2.18. The van der Waals surface area contributed by atoms with E-state index >= 15 is 0 Å². The molecule has 0 aliphatic rings. The summed E-state index contributed by atoms with van der Waals surface area (Å²) in [5, 5.41) is 11.2. The summed E-state index contributed by atoms with van der Waals surface area (Å²) >= 11 is 0. The van der Waals surface area contributed by atoms with Gasteiger partial charge in [0.2, 0.25) is 5.91 Å². The fraction of sp³-hybridized carbons (Fsp3) is 0.143. The van der Waals surface area contributed by atoms with E-state index in [-0.39, 0.29) is 17.6 Å². The van der Waals surface area contributed by atoms with Gasteiger partial charge in [-0.1, -0.05) is 26.0 Å². The Morgan fingerprint density at radius 3 is 2.74 bits per heavy atom. The van der Waals surface area contributed by atoms with E-state index < -0.39 is 0 Å². The number of fused-ring (bicyclic) bond motifs is 2. The van der Waals surface area contributed by atoms with Crippen LogP contribution in [0.4, 0.5) is 10.1 Å². The molecule has 0 bridgehead atoms. The van der Waals surface area contributed by atoms with E-state index in [0.717, 1.165) is 16.5 Å². The highest BCUT2D eigenvalue weighted by Crippen LogP contribution is 2.32. The molecular formula is C28H23FN8O. The van der Waals surface area contributed by atoms with Crippen LogP contribution in [0.5, 0.6) is 0 Å². The molecule has 9 nitrogen and oxygen atoms in total. The predicted molar refractivity (Wildman–Crippen MR) is 143 cm³/mol. The molecule has 0 spiro atoms. The van der Waals surface area contributed by atoms with Gasteiger partial charge in [0.15, 0.2) is 5.82 Å². The summed E-state index contributed by atoms with van der Waals surface area (Å²) < 4.78 is 14.5. The van der Waals surface area contributed by atoms with Crippen molar-refractivity contribution in [2.45, 2.75) is 20.3 Å². The Bertz CT molecular complexity index is 1810. The third-order valence-corrected chi connectivity index (χ3v) is 6.11. The Balaban J connectivity index is 1.39. The highest BCUT2D eigenvalue weighted by atomic mass is 19.1. The molecule has 0 saturated carbocycles. The molecule has 6 aromatic rings. The number of anilines is 1. The molecule has 0 atom stereocenters. The van der Waals surface area contributed by atoms with Crippen LogP contribution in [-0.4, -0.2) is 41.0 Å². The van der Waals surface area contributed by atoms with E-state index in [4.69, 9.17) is 4.98 Å². The van der Waals surface area contributed by atoms with Crippen LogP contribution in [0.1, 0.15) is 20.3 Å². The van der Waals surface area contributed by atoms with Crippen LogP contribution < -0.4 is 5.32 Å². The number of H-pyrrole nitrogens is 2. The van der Waals surface area contributed by atoms with E-state index in [1.165, 1.54) is 6.07 Å². The summed E-state index contributed by atoms with van der Waals surface area (Å²) in [4.78, 5) is 33.5. The van der Waals surface area contributed by atoms with Gasteiger partial charge in [0.05, 0.1) is 34.8 Å². The first-order valence-corrected chi connectivity index (χ1v) is 12.2. The van der Waals surface area contributed by atoms with Crippen molar-refractivity contribution in [3.63, 3.8) is 0 Å². The van der Waals surface area contributed by atoms with Crippen LogP contribution in [0.2, 0.25) is 0 Å². The Kier molecular flexibility index (Phi) is 5.83. The number of carbonyl (C=O) groups is 1. The van der Waals surface area contributed by atoms with Crippen molar-refractivity contribution in [1.82, 2.24) is 35.1 Å². The minimum absolute atomic E-state index is 0.0615. The monoisotopic (exact) mass is 506 g/mol. The second kappa shape index (κ2) is 9.47. The Hall–Kier alpha value is -4.99. The van der Waals surface area contributed by atoms with Gasteiger partial charge < -0.3 is 10.3 Å². The van der Waals surface area contributed by atoms with Crippen molar-refractivity contribution < 1.29 is 9.18 Å². The third kappa shape index (κ3) is 4.36. The average molecular weight is 507 g/mol. The standard InChI is InChI=1S/C28H23FN8O/c1-15(2)9-24(38)33-17-10-16(12-30-13-17)22-11-19-23(14-32-22)36-37-26(19)28-34-21-7-8-31-25(27(21)35-28)18-5-3-4-6-20(18)29/h3-8,10-15H,9H2,1-2H3,(H,33,38)(H,34,35)(H,36,37). The van der Waals surface area contributed by atoms with Gasteiger partial charge in [0.1, 0.15) is 22.7 Å². The fourth-order valence-electron chi connectivity index (χ4n) is 4.38. The lowest BCUT2D eigenvalue weighted by Gasteiger charge is -2.08. The molecular weight excluding hydrogens is 483 g/mol. The van der Waals surface area contributed by atoms with Crippen LogP contribution in [0, 0.1) is 11.7 Å². The molecule has 0 fully saturated rings. The number of nitrogens with zero attached hydrogens (tertiary/aromatic N) is 5. The quantitative estimate of drug-likeness (QED) is 0.264. The molecule has 188 valence electrons. The van der Waals surface area contributed by atoms with Crippen molar-refractivity contribution >= 4 is 33.5 Å². The lowest BCUT2D eigenvalue weighted by molar-refractivity contribution is -0.116. The Labute approximate surface area is 216 Å². The molecule has 6 rings (SSSR count). The Morgan fingerprint density at radius 2 is 1.89 bits per heavy atom. The molecule has 1 aromatic carbocycles. The molecule has 5 aromatic heterocycles. The normalized spacial score (nSPS) is 11.5. The van der Waals surface area contributed by atoms with Crippen LogP contribution in [0.3, 0.4) is 0 Å². The first-order chi connectivity index (χ1) is 18.5. The number of carbonyl (C=O) groups excluding carboxylic acids is 1. The topological polar surface area (TPSA) is 125 Å². The molecule has 10 heteroatoms. The highest BCUT2D eigenvalue weighted by molar-refractivity contribution is 5.97. The molecule has 3 N–H and O–H groups in total. The van der Waals surface area contributed by atoms with Gasteiger partial charge in [-0.2, -0.15) is 5.10 Å². The van der Waals surface area contributed by atoms with Gasteiger partial charge in [0, 0.05) is 35.3 Å². The summed E-state index contributed by atoms with van der Waals surface area (Å²) in [6.07, 6.45) is 7.05. The maximum absolute atomic E-state index is 14.5. The summed E-state index contributed by atoms with van der Waals surface area (Å²) in [5.74, 6) is 0.344. The van der Waals surface area contributed by atoms with Gasteiger partial charge in [-0.05, 0) is 36.2 Å². The number of aromatic nitrogens is 7. The average Bonchev–Trinajstić information content (AvgIpc) is 3.52. The van der Waals surface area contributed by atoms with Crippen molar-refractivity contribution in [2.24, 2.45) is 5.92 Å². The van der Waals surface area contributed by atoms with Gasteiger partial charge >= 0.3 is 0 Å². The van der Waals surface area contributed by atoms with Crippen LogP contribution in [-0.2, 0) is 4.79 Å². The molecule has 0 radical (unpaired) electrons. The molecule has 0 unspecified atom stereocenters. The lowest BCUT2D eigenvalue weighted by Crippen LogP contribution is -2.13. The van der Waals surface area contributed by atoms with Crippen molar-refractivity contribution in [1.29, 1.82) is 0 Å². The van der Waals surface area contributed by atoms with Gasteiger partial charge in [-0.15, -0.1) is 0 Å². The zero-order valence-electron chi connectivity index (χ0n) is 20.7. The van der Waals surface area contributed by atoms with Crippen LogP contribution in [0.25, 0.3) is 56.0 Å². The summed E-state index contributed by atoms with van der Waals surface area (Å²) in [7, 11) is 0. The number of amides is 1. The number of imidazole rings is 1. The number of nitrogens with one attached hydrogen (secondary N) is 3. The second-order valence-electron chi connectivity index (χ2n) is 9.42. The number of benzene rings is 1. The molecule has 0 aliphatic heterocycles. The summed E-state index contributed by atoms with van der Waals surface area (Å²) in [6, 6.07) is 12.0. The Morgan fingerprint density at radius 1 is 1.03 bits per heavy atom. The first kappa shape index (κ1) is 23.4. The number of hydrogen-bond donors (Lipinski definition) is 3. The largest absolute Gasteiger partial charge is 0.336 e. The summed E-state index contributed by atoms with van der Waals surface area (Å²) in [6.45, 7) is 3.99. The van der Waals surface area contributed by atoms with E-state index in [1.807, 2.05) is 26.0 Å². The SMILES string of the molecule is CC(C)CC(=O)Nc1cncc(-c2cc3c(-c4nc5c(-c6ccccc6F)nccc5[nH]4)n[nH]c3cn2)c1. The minimum atomic E-state index is -0.366. The lowest BCUT2D eigenvalue weighted by atomic mass is 10.1. The van der Waals surface area contributed by atoms with E-state index in [9.17, 15) is 9.18 Å². The molecule has 0 saturated heterocycles. The number of pyridine rings is 3. The van der Waals surface area contributed by atoms with Crippen molar-refractivity contribution in [3.05, 3.63) is 73.1 Å². The predicted octanol–water partition coefficient (Wildman–Crippen LogP) is 5.75. The van der Waals surface area contributed by atoms with Gasteiger partial charge in [-0.25, -0.2) is 9.37 Å². The van der Waals surface area contributed by atoms with Crippen LogP contribution in [0.15, 0.2) is 67.3 Å². The smallest absolute Gasteiger partial charge is 0.224 e. The molecule has 5 heterocycles. The second-order valence-corrected chi connectivity index (χ2v) is 9.42. The van der Waals surface area contributed by atoms with E-state index in [0.29, 0.717) is 51.6 Å². The third-order valence-electron chi connectivity index (χ3n) is 6.11. The fourth-order valence-corrected chi connectivity index (χ4v) is 4.38. The van der Waals surface area contributed by atoms with Crippen molar-refractivity contribution in [3.8, 4) is 34.0 Å².